The van der Waals surface area contributed by atoms with Crippen molar-refractivity contribution in [3.05, 3.63) is 59.7 Å². The molecule has 1 amide bonds. The summed E-state index contributed by atoms with van der Waals surface area (Å²) in [6, 6.07) is 13.4. The number of carbonyl (C=O) groups excluding carboxylic acids is 1. The van der Waals surface area contributed by atoms with E-state index in [4.69, 9.17) is 0 Å². The van der Waals surface area contributed by atoms with Crippen LogP contribution in [0.25, 0.3) is 0 Å². The fraction of sp³-hybridized carbons (Fsp3) is 0.350. The summed E-state index contributed by atoms with van der Waals surface area (Å²) in [5.74, 6) is 0.0981. The van der Waals surface area contributed by atoms with Gasteiger partial charge in [-0.3, -0.25) is 9.10 Å². The third kappa shape index (κ3) is 4.43. The molecule has 0 bridgehead atoms. The summed E-state index contributed by atoms with van der Waals surface area (Å²) in [7, 11) is -2.20. The minimum atomic E-state index is -3.69. The topological polar surface area (TPSA) is 66.5 Å². The molecular weight excluding hydrogens is 348 g/mol. The second kappa shape index (κ2) is 7.91. The van der Waals surface area contributed by atoms with Crippen molar-refractivity contribution in [2.45, 2.75) is 38.6 Å². The maximum atomic E-state index is 12.8. The molecule has 1 atom stereocenters. The van der Waals surface area contributed by atoms with Crippen molar-refractivity contribution >= 4 is 21.6 Å². The third-order valence-electron chi connectivity index (χ3n) is 4.51. The summed E-state index contributed by atoms with van der Waals surface area (Å²) >= 11 is 0. The van der Waals surface area contributed by atoms with Gasteiger partial charge in [-0.1, -0.05) is 37.6 Å². The number of carbonyl (C=O) groups is 1. The Morgan fingerprint density at radius 1 is 1.04 bits per heavy atom. The van der Waals surface area contributed by atoms with E-state index in [0.717, 1.165) is 5.56 Å². The molecule has 0 aromatic heterocycles. The molecule has 0 saturated heterocycles. The van der Waals surface area contributed by atoms with Gasteiger partial charge in [-0.25, -0.2) is 8.42 Å². The normalized spacial score (nSPS) is 12.7. The molecule has 0 aliphatic heterocycles. The highest BCUT2D eigenvalue weighted by molar-refractivity contribution is 7.92. The quantitative estimate of drug-likeness (QED) is 0.840. The number of sulfonamides is 1. The fourth-order valence-electron chi connectivity index (χ4n) is 2.31. The zero-order chi connectivity index (χ0) is 19.5. The monoisotopic (exact) mass is 374 g/mol. The van der Waals surface area contributed by atoms with Crippen molar-refractivity contribution in [2.75, 3.05) is 11.4 Å². The molecule has 5 nitrogen and oxygen atoms in total. The summed E-state index contributed by atoms with van der Waals surface area (Å²) in [6.45, 7) is 7.91. The number of hydrogen-bond acceptors (Lipinski definition) is 3. The molecule has 140 valence electrons. The Kier molecular flexibility index (Phi) is 6.08. The van der Waals surface area contributed by atoms with Crippen molar-refractivity contribution in [2.24, 2.45) is 5.92 Å². The van der Waals surface area contributed by atoms with Crippen LogP contribution in [0.3, 0.4) is 0 Å². The van der Waals surface area contributed by atoms with Crippen LogP contribution in [0.5, 0.6) is 0 Å². The van der Waals surface area contributed by atoms with Crippen LogP contribution in [0, 0.1) is 12.8 Å². The van der Waals surface area contributed by atoms with Gasteiger partial charge in [0.25, 0.3) is 15.9 Å². The number of nitrogens with zero attached hydrogens (tertiary/aromatic N) is 1. The molecule has 1 N–H and O–H groups in total. The van der Waals surface area contributed by atoms with E-state index in [1.54, 1.807) is 48.5 Å². The largest absolute Gasteiger partial charge is 0.349 e. The molecule has 0 saturated carbocycles. The number of benzene rings is 2. The Morgan fingerprint density at radius 2 is 1.65 bits per heavy atom. The van der Waals surface area contributed by atoms with Gasteiger partial charge in [0.1, 0.15) is 0 Å². The van der Waals surface area contributed by atoms with E-state index in [1.807, 2.05) is 27.7 Å². The average molecular weight is 375 g/mol. The van der Waals surface area contributed by atoms with Crippen molar-refractivity contribution in [1.29, 1.82) is 0 Å². The summed E-state index contributed by atoms with van der Waals surface area (Å²) < 4.78 is 26.8. The van der Waals surface area contributed by atoms with Gasteiger partial charge < -0.3 is 5.32 Å². The van der Waals surface area contributed by atoms with E-state index >= 15 is 0 Å². The van der Waals surface area contributed by atoms with E-state index < -0.39 is 10.0 Å². The highest BCUT2D eigenvalue weighted by atomic mass is 32.2. The molecule has 2 rings (SSSR count). The van der Waals surface area contributed by atoms with Crippen LogP contribution in [-0.2, 0) is 10.0 Å². The van der Waals surface area contributed by atoms with E-state index in [0.29, 0.717) is 17.2 Å². The molecular formula is C20H26N2O3S. The van der Waals surface area contributed by atoms with Gasteiger partial charge in [-0.05, 0) is 50.1 Å². The first-order valence-corrected chi connectivity index (χ1v) is 10.0. The molecule has 0 aliphatic carbocycles. The van der Waals surface area contributed by atoms with Gasteiger partial charge in [-0.2, -0.15) is 0 Å². The number of rotatable bonds is 6. The number of aryl methyl sites for hydroxylation is 1. The van der Waals surface area contributed by atoms with Gasteiger partial charge in [0.2, 0.25) is 0 Å². The molecule has 2 aromatic rings. The van der Waals surface area contributed by atoms with Crippen LogP contribution < -0.4 is 9.62 Å². The molecule has 2 aromatic carbocycles. The summed E-state index contributed by atoms with van der Waals surface area (Å²) in [5, 5.41) is 2.93. The number of anilines is 1. The zero-order valence-electron chi connectivity index (χ0n) is 15.9. The smallest absolute Gasteiger partial charge is 0.264 e. The van der Waals surface area contributed by atoms with Crippen LogP contribution in [-0.4, -0.2) is 27.4 Å². The van der Waals surface area contributed by atoms with Crippen LogP contribution >= 0.6 is 0 Å². The van der Waals surface area contributed by atoms with E-state index in [1.165, 1.54) is 11.4 Å². The minimum Gasteiger partial charge on any atom is -0.349 e. The summed E-state index contributed by atoms with van der Waals surface area (Å²) in [6.07, 6.45) is 0. The molecule has 0 heterocycles. The average Bonchev–Trinajstić information content (AvgIpc) is 2.61. The van der Waals surface area contributed by atoms with Gasteiger partial charge in [0, 0.05) is 18.7 Å². The SMILES string of the molecule is Cc1ccc(S(=O)(=O)N(C)c2cccc(C(=O)N[C@H](C)C(C)C)c2)cc1. The molecule has 0 spiro atoms. The molecule has 0 fully saturated rings. The first kappa shape index (κ1) is 20.0. The van der Waals surface area contributed by atoms with E-state index in [9.17, 15) is 13.2 Å². The van der Waals surface area contributed by atoms with Crippen LogP contribution in [0.15, 0.2) is 53.4 Å². The predicted molar refractivity (Wildman–Crippen MR) is 105 cm³/mol. The predicted octanol–water partition coefficient (Wildman–Crippen LogP) is 3.59. The lowest BCUT2D eigenvalue weighted by Gasteiger charge is -2.21. The highest BCUT2D eigenvalue weighted by Crippen LogP contribution is 2.23. The Morgan fingerprint density at radius 3 is 2.23 bits per heavy atom. The van der Waals surface area contributed by atoms with Gasteiger partial charge >= 0.3 is 0 Å². The molecule has 6 heteroatoms. The number of nitrogens with one attached hydrogen (secondary N) is 1. The first-order valence-electron chi connectivity index (χ1n) is 8.59. The van der Waals surface area contributed by atoms with Crippen LogP contribution in [0.1, 0.15) is 36.7 Å². The minimum absolute atomic E-state index is 0.0279. The van der Waals surface area contributed by atoms with Gasteiger partial charge in [0.05, 0.1) is 10.6 Å². The maximum absolute atomic E-state index is 12.8. The van der Waals surface area contributed by atoms with E-state index in [2.05, 4.69) is 5.32 Å². The standard InChI is InChI=1S/C20H26N2O3S/c1-14(2)16(4)21-20(23)17-7-6-8-18(13-17)22(5)26(24,25)19-11-9-15(3)10-12-19/h6-14,16H,1-5H3,(H,21,23)/t16-/m1/s1. The van der Waals surface area contributed by atoms with Crippen molar-refractivity contribution in [3.63, 3.8) is 0 Å². The second-order valence-corrected chi connectivity index (χ2v) is 8.81. The lowest BCUT2D eigenvalue weighted by Crippen LogP contribution is -2.36. The first-order chi connectivity index (χ1) is 12.1. The van der Waals surface area contributed by atoms with Crippen molar-refractivity contribution in [3.8, 4) is 0 Å². The zero-order valence-corrected chi connectivity index (χ0v) is 16.7. The lowest BCUT2D eigenvalue weighted by atomic mass is 10.1. The van der Waals surface area contributed by atoms with Gasteiger partial charge in [-0.15, -0.1) is 0 Å². The molecule has 0 unspecified atom stereocenters. The van der Waals surface area contributed by atoms with Gasteiger partial charge in [0.15, 0.2) is 0 Å². The summed E-state index contributed by atoms with van der Waals surface area (Å²) in [5.41, 5.74) is 1.86. The third-order valence-corrected chi connectivity index (χ3v) is 6.31. The Bertz CT molecular complexity index is 874. The highest BCUT2D eigenvalue weighted by Gasteiger charge is 2.22. The molecule has 26 heavy (non-hydrogen) atoms. The Balaban J connectivity index is 2.28. The van der Waals surface area contributed by atoms with Crippen molar-refractivity contribution < 1.29 is 13.2 Å². The molecule has 0 radical (unpaired) electrons. The van der Waals surface area contributed by atoms with Crippen molar-refractivity contribution in [1.82, 2.24) is 5.32 Å². The number of amides is 1. The Hall–Kier alpha value is -2.34. The molecule has 0 aliphatic rings. The summed E-state index contributed by atoms with van der Waals surface area (Å²) in [4.78, 5) is 12.6. The fourth-order valence-corrected chi connectivity index (χ4v) is 3.49. The van der Waals surface area contributed by atoms with Crippen LogP contribution in [0.2, 0.25) is 0 Å². The van der Waals surface area contributed by atoms with Crippen LogP contribution in [0.4, 0.5) is 5.69 Å². The maximum Gasteiger partial charge on any atom is 0.264 e. The number of hydrogen-bond donors (Lipinski definition) is 1. The Labute approximate surface area is 156 Å². The van der Waals surface area contributed by atoms with E-state index in [-0.39, 0.29) is 16.8 Å². The second-order valence-electron chi connectivity index (χ2n) is 6.84. The lowest BCUT2D eigenvalue weighted by molar-refractivity contribution is 0.0930.